The largest absolute Gasteiger partial charge is 0.492 e. The summed E-state index contributed by atoms with van der Waals surface area (Å²) in [6, 6.07) is 16.7. The van der Waals surface area contributed by atoms with Crippen LogP contribution in [-0.4, -0.2) is 40.6 Å². The van der Waals surface area contributed by atoms with E-state index >= 15 is 0 Å². The van der Waals surface area contributed by atoms with Crippen molar-refractivity contribution >= 4 is 17.5 Å². The van der Waals surface area contributed by atoms with Crippen molar-refractivity contribution in [3.8, 4) is 16.9 Å². The van der Waals surface area contributed by atoms with Gasteiger partial charge in [0.25, 0.3) is 0 Å². The summed E-state index contributed by atoms with van der Waals surface area (Å²) in [4.78, 5) is 11.5. The first-order valence-corrected chi connectivity index (χ1v) is 10.9. The summed E-state index contributed by atoms with van der Waals surface area (Å²) in [5.41, 5.74) is 3.39. The molecule has 2 heterocycles. The fraction of sp³-hybridized carbons (Fsp3) is 0.333. The van der Waals surface area contributed by atoms with Crippen LogP contribution >= 0.6 is 11.6 Å². The lowest BCUT2D eigenvalue weighted by atomic mass is 10.0. The summed E-state index contributed by atoms with van der Waals surface area (Å²) in [6.07, 6.45) is 5.90. The van der Waals surface area contributed by atoms with Crippen LogP contribution in [0.3, 0.4) is 0 Å². The Morgan fingerprint density at radius 1 is 1.03 bits per heavy atom. The van der Waals surface area contributed by atoms with Crippen LogP contribution in [0.2, 0.25) is 5.02 Å². The number of nitrogens with zero attached hydrogens (tertiary/aromatic N) is 3. The first-order valence-electron chi connectivity index (χ1n) is 10.5. The number of likely N-dealkylation sites (tertiary alicyclic amines) is 1. The van der Waals surface area contributed by atoms with Crippen LogP contribution in [0.15, 0.2) is 60.9 Å². The second-order valence-corrected chi connectivity index (χ2v) is 7.96. The summed E-state index contributed by atoms with van der Waals surface area (Å²) in [7, 11) is 0. The zero-order valence-corrected chi connectivity index (χ0v) is 18.0. The van der Waals surface area contributed by atoms with Crippen molar-refractivity contribution in [2.24, 2.45) is 0 Å². The highest BCUT2D eigenvalue weighted by Gasteiger charge is 2.20. The summed E-state index contributed by atoms with van der Waals surface area (Å²) < 4.78 is 5.61. The van der Waals surface area contributed by atoms with E-state index in [4.69, 9.17) is 16.3 Å². The molecule has 1 fully saturated rings. The molecule has 1 aliphatic heterocycles. The number of piperidine rings is 1. The molecule has 0 aliphatic carbocycles. The maximum atomic E-state index is 6.20. The normalized spacial score (nSPS) is 15.1. The Bertz CT molecular complexity index is 941. The summed E-state index contributed by atoms with van der Waals surface area (Å²) in [5, 5.41) is 4.16. The van der Waals surface area contributed by atoms with Gasteiger partial charge in [-0.15, -0.1) is 0 Å². The molecular formula is C24H27ClN4O. The number of rotatable bonds is 7. The van der Waals surface area contributed by atoms with Crippen LogP contribution < -0.4 is 10.1 Å². The fourth-order valence-corrected chi connectivity index (χ4v) is 3.94. The van der Waals surface area contributed by atoms with Gasteiger partial charge in [0.2, 0.25) is 5.95 Å². The molecule has 6 heteroatoms. The van der Waals surface area contributed by atoms with E-state index in [0.717, 1.165) is 49.4 Å². The monoisotopic (exact) mass is 422 g/mol. The Hall–Kier alpha value is -2.63. The summed E-state index contributed by atoms with van der Waals surface area (Å²) in [5.74, 6) is 1.47. The summed E-state index contributed by atoms with van der Waals surface area (Å²) in [6.45, 7) is 5.57. The van der Waals surface area contributed by atoms with E-state index < -0.39 is 0 Å². The smallest absolute Gasteiger partial charge is 0.222 e. The van der Waals surface area contributed by atoms with E-state index in [1.165, 1.54) is 5.56 Å². The molecule has 0 amide bonds. The molecule has 30 heavy (non-hydrogen) atoms. The molecule has 4 rings (SSSR count). The first kappa shape index (κ1) is 20.6. The molecule has 156 valence electrons. The quantitative estimate of drug-likeness (QED) is 0.561. The third-order valence-corrected chi connectivity index (χ3v) is 5.69. The standard InChI is InChI=1S/C24H27ClN4O/c1-2-30-23-14-18(8-9-22(23)25)17-29-12-10-21(11-13-29)28-24-26-15-20(16-27-24)19-6-4-3-5-7-19/h3-9,14-16,21H,2,10-13,17H2,1H3,(H,26,27,28). The molecule has 3 aromatic rings. The second-order valence-electron chi connectivity index (χ2n) is 7.55. The lowest BCUT2D eigenvalue weighted by Crippen LogP contribution is -2.38. The highest BCUT2D eigenvalue weighted by Crippen LogP contribution is 2.27. The van der Waals surface area contributed by atoms with Crippen LogP contribution in [0.4, 0.5) is 5.95 Å². The predicted molar refractivity (Wildman–Crippen MR) is 122 cm³/mol. The average Bonchev–Trinajstić information content (AvgIpc) is 2.79. The van der Waals surface area contributed by atoms with E-state index in [1.54, 1.807) is 0 Å². The zero-order valence-electron chi connectivity index (χ0n) is 17.2. The fourth-order valence-electron chi connectivity index (χ4n) is 3.77. The van der Waals surface area contributed by atoms with Gasteiger partial charge in [-0.05, 0) is 43.0 Å². The molecule has 1 aromatic heterocycles. The molecule has 2 aromatic carbocycles. The van der Waals surface area contributed by atoms with Gasteiger partial charge in [0.15, 0.2) is 0 Å². The van der Waals surface area contributed by atoms with Gasteiger partial charge < -0.3 is 10.1 Å². The predicted octanol–water partition coefficient (Wildman–Crippen LogP) is 5.27. The van der Waals surface area contributed by atoms with Gasteiger partial charge >= 0.3 is 0 Å². The molecule has 1 N–H and O–H groups in total. The highest BCUT2D eigenvalue weighted by molar-refractivity contribution is 6.32. The lowest BCUT2D eigenvalue weighted by molar-refractivity contribution is 0.210. The molecule has 0 spiro atoms. The Labute approximate surface area is 183 Å². The van der Waals surface area contributed by atoms with Crippen LogP contribution in [0.5, 0.6) is 5.75 Å². The Balaban J connectivity index is 1.28. The minimum atomic E-state index is 0.396. The van der Waals surface area contributed by atoms with Crippen molar-refractivity contribution < 1.29 is 4.74 Å². The first-order chi connectivity index (χ1) is 14.7. The molecule has 0 bridgehead atoms. The van der Waals surface area contributed by atoms with Gasteiger partial charge in [-0.25, -0.2) is 9.97 Å². The van der Waals surface area contributed by atoms with Gasteiger partial charge in [0.1, 0.15) is 5.75 Å². The van der Waals surface area contributed by atoms with Gasteiger partial charge in [-0.3, -0.25) is 4.90 Å². The van der Waals surface area contributed by atoms with Crippen LogP contribution in [-0.2, 0) is 6.54 Å². The van der Waals surface area contributed by atoms with Crippen LogP contribution in [0, 0.1) is 0 Å². The number of anilines is 1. The molecule has 0 saturated carbocycles. The molecule has 0 unspecified atom stereocenters. The topological polar surface area (TPSA) is 50.3 Å². The average molecular weight is 423 g/mol. The lowest BCUT2D eigenvalue weighted by Gasteiger charge is -2.32. The zero-order chi connectivity index (χ0) is 20.8. The van der Waals surface area contributed by atoms with E-state index in [-0.39, 0.29) is 0 Å². The van der Waals surface area contributed by atoms with Crippen molar-refractivity contribution in [1.29, 1.82) is 0 Å². The van der Waals surface area contributed by atoms with Crippen molar-refractivity contribution in [2.45, 2.75) is 32.4 Å². The van der Waals surface area contributed by atoms with Gasteiger partial charge in [0, 0.05) is 43.6 Å². The number of benzene rings is 2. The molecule has 0 radical (unpaired) electrons. The molecule has 1 saturated heterocycles. The second kappa shape index (κ2) is 9.92. The Morgan fingerprint density at radius 2 is 1.77 bits per heavy atom. The minimum absolute atomic E-state index is 0.396. The maximum Gasteiger partial charge on any atom is 0.222 e. The summed E-state index contributed by atoms with van der Waals surface area (Å²) >= 11 is 6.20. The van der Waals surface area contributed by atoms with Gasteiger partial charge in [0.05, 0.1) is 11.6 Å². The number of ether oxygens (including phenoxy) is 1. The number of hydrogen-bond donors (Lipinski definition) is 1. The van der Waals surface area contributed by atoms with Gasteiger partial charge in [-0.2, -0.15) is 0 Å². The number of aromatic nitrogens is 2. The van der Waals surface area contributed by atoms with E-state index in [1.807, 2.05) is 43.6 Å². The molecule has 1 aliphatic rings. The van der Waals surface area contributed by atoms with Crippen molar-refractivity contribution in [3.05, 3.63) is 71.5 Å². The third-order valence-electron chi connectivity index (χ3n) is 5.38. The molecule has 5 nitrogen and oxygen atoms in total. The highest BCUT2D eigenvalue weighted by atomic mass is 35.5. The Kier molecular flexibility index (Phi) is 6.82. The van der Waals surface area contributed by atoms with Crippen molar-refractivity contribution in [3.63, 3.8) is 0 Å². The van der Waals surface area contributed by atoms with Crippen LogP contribution in [0.1, 0.15) is 25.3 Å². The van der Waals surface area contributed by atoms with Crippen molar-refractivity contribution in [2.75, 3.05) is 25.0 Å². The minimum Gasteiger partial charge on any atom is -0.492 e. The third kappa shape index (κ3) is 5.29. The molecule has 0 atom stereocenters. The van der Waals surface area contributed by atoms with E-state index in [2.05, 4.69) is 44.5 Å². The van der Waals surface area contributed by atoms with E-state index in [0.29, 0.717) is 23.6 Å². The Morgan fingerprint density at radius 3 is 2.47 bits per heavy atom. The number of hydrogen-bond acceptors (Lipinski definition) is 5. The van der Waals surface area contributed by atoms with E-state index in [9.17, 15) is 0 Å². The van der Waals surface area contributed by atoms with Gasteiger partial charge in [-0.1, -0.05) is 48.0 Å². The SMILES string of the molecule is CCOc1cc(CN2CCC(Nc3ncc(-c4ccccc4)cn3)CC2)ccc1Cl. The number of halogens is 1. The maximum absolute atomic E-state index is 6.20. The van der Waals surface area contributed by atoms with Crippen LogP contribution in [0.25, 0.3) is 11.1 Å². The number of nitrogens with one attached hydrogen (secondary N) is 1. The molecular weight excluding hydrogens is 396 g/mol. The van der Waals surface area contributed by atoms with Crippen molar-refractivity contribution in [1.82, 2.24) is 14.9 Å².